The van der Waals surface area contributed by atoms with Gasteiger partial charge in [-0.15, -0.1) is 0 Å². The van der Waals surface area contributed by atoms with Crippen molar-refractivity contribution >= 4 is 17.2 Å². The van der Waals surface area contributed by atoms with Crippen molar-refractivity contribution in [1.82, 2.24) is 0 Å². The van der Waals surface area contributed by atoms with E-state index in [0.29, 0.717) is 0 Å². The summed E-state index contributed by atoms with van der Waals surface area (Å²) < 4.78 is 0. The smallest absolute Gasteiger partial charge is 0.0119 e. The highest BCUT2D eigenvalue weighted by atomic mass is 14.4. The fraction of sp³-hybridized carbons (Fsp3) is 0.226. The highest BCUT2D eigenvalue weighted by Crippen LogP contribution is 2.47. The number of hydrogen-bond acceptors (Lipinski definition) is 0. The summed E-state index contributed by atoms with van der Waals surface area (Å²) in [6, 6.07) is 26.5. The average molecular weight is 403 g/mol. The normalized spacial score (nSPS) is 19.3. The van der Waals surface area contributed by atoms with E-state index in [9.17, 15) is 0 Å². The Morgan fingerprint density at radius 2 is 1.48 bits per heavy atom. The lowest BCUT2D eigenvalue weighted by atomic mass is 9.70. The SMILES string of the molecule is CCCCC1(C)C=C2C=c3cc(C)c(-c4ccccc4)cc3=C2C=C1c1ccccc1. The Morgan fingerprint density at radius 3 is 2.16 bits per heavy atom. The lowest BCUT2D eigenvalue weighted by Gasteiger charge is -2.34. The van der Waals surface area contributed by atoms with E-state index >= 15 is 0 Å². The van der Waals surface area contributed by atoms with Crippen LogP contribution >= 0.6 is 0 Å². The minimum atomic E-state index is 0.0616. The minimum absolute atomic E-state index is 0.0616. The zero-order valence-electron chi connectivity index (χ0n) is 18.8. The Morgan fingerprint density at radius 1 is 0.806 bits per heavy atom. The molecule has 0 heterocycles. The molecule has 0 aromatic heterocycles. The molecular formula is C31H30. The third-order valence-corrected chi connectivity index (χ3v) is 6.91. The first-order valence-corrected chi connectivity index (χ1v) is 11.5. The topological polar surface area (TPSA) is 0 Å². The van der Waals surface area contributed by atoms with Gasteiger partial charge in [-0.05, 0) is 81.0 Å². The third kappa shape index (κ3) is 3.51. The van der Waals surface area contributed by atoms with E-state index < -0.39 is 0 Å². The standard InChI is InChI=1S/C31H30/c1-4-5-16-31(3)21-26-18-25-17-22(2)27(23-12-8-6-9-13-23)19-28(25)29(26)20-30(31)24-14-10-7-11-15-24/h6-15,17-21H,4-5,16H2,1-3H3. The van der Waals surface area contributed by atoms with Crippen molar-refractivity contribution in [3.05, 3.63) is 112 Å². The van der Waals surface area contributed by atoms with E-state index in [1.807, 2.05) is 0 Å². The predicted molar refractivity (Wildman–Crippen MR) is 134 cm³/mol. The fourth-order valence-electron chi connectivity index (χ4n) is 5.20. The molecule has 0 radical (unpaired) electrons. The van der Waals surface area contributed by atoms with Gasteiger partial charge >= 0.3 is 0 Å². The van der Waals surface area contributed by atoms with Gasteiger partial charge in [-0.3, -0.25) is 0 Å². The lowest BCUT2D eigenvalue weighted by molar-refractivity contribution is 0.488. The first kappa shape index (κ1) is 19.8. The molecule has 0 saturated heterocycles. The molecule has 2 aliphatic rings. The Kier molecular flexibility index (Phi) is 5.02. The summed E-state index contributed by atoms with van der Waals surface area (Å²) in [5.41, 5.74) is 9.56. The van der Waals surface area contributed by atoms with Crippen molar-refractivity contribution < 1.29 is 0 Å². The molecule has 0 N–H and O–H groups in total. The largest absolute Gasteiger partial charge is 0.0663 e. The summed E-state index contributed by atoms with van der Waals surface area (Å²) in [5, 5.41) is 2.71. The second-order valence-corrected chi connectivity index (χ2v) is 9.22. The summed E-state index contributed by atoms with van der Waals surface area (Å²) in [7, 11) is 0. The average Bonchev–Trinajstić information content (AvgIpc) is 3.13. The van der Waals surface area contributed by atoms with Crippen LogP contribution in [0, 0.1) is 12.3 Å². The van der Waals surface area contributed by atoms with Crippen LogP contribution in [0.3, 0.4) is 0 Å². The summed E-state index contributed by atoms with van der Waals surface area (Å²) >= 11 is 0. The number of fused-ring (bicyclic) bond motifs is 2. The zero-order chi connectivity index (χ0) is 21.4. The van der Waals surface area contributed by atoms with Crippen LogP contribution in [0.25, 0.3) is 28.3 Å². The van der Waals surface area contributed by atoms with E-state index in [2.05, 4.69) is 112 Å². The molecule has 0 fully saturated rings. The maximum Gasteiger partial charge on any atom is 0.0119 e. The quantitative estimate of drug-likeness (QED) is 0.439. The molecule has 0 nitrogen and oxygen atoms in total. The van der Waals surface area contributed by atoms with Crippen molar-refractivity contribution in [3.63, 3.8) is 0 Å². The van der Waals surface area contributed by atoms with Crippen LogP contribution in [0.5, 0.6) is 0 Å². The Labute approximate surface area is 186 Å². The molecule has 1 unspecified atom stereocenters. The van der Waals surface area contributed by atoms with Crippen LogP contribution in [-0.2, 0) is 0 Å². The molecule has 5 rings (SSSR count). The number of rotatable bonds is 5. The maximum absolute atomic E-state index is 2.54. The van der Waals surface area contributed by atoms with E-state index in [1.54, 1.807) is 0 Å². The number of unbranched alkanes of at least 4 members (excludes halogenated alkanes) is 1. The number of benzene rings is 3. The van der Waals surface area contributed by atoms with Gasteiger partial charge in [0, 0.05) is 5.41 Å². The molecule has 0 amide bonds. The minimum Gasteiger partial charge on any atom is -0.0663 e. The highest BCUT2D eigenvalue weighted by Gasteiger charge is 2.32. The molecule has 0 saturated carbocycles. The first-order chi connectivity index (χ1) is 15.1. The van der Waals surface area contributed by atoms with Gasteiger partial charge in [-0.25, -0.2) is 0 Å². The second kappa shape index (κ2) is 7.85. The first-order valence-electron chi connectivity index (χ1n) is 11.5. The van der Waals surface area contributed by atoms with Gasteiger partial charge in [0.25, 0.3) is 0 Å². The van der Waals surface area contributed by atoms with Crippen LogP contribution < -0.4 is 10.4 Å². The predicted octanol–water partition coefficient (Wildman–Crippen LogP) is 6.83. The molecular weight excluding hydrogens is 372 g/mol. The van der Waals surface area contributed by atoms with Crippen LogP contribution in [0.2, 0.25) is 0 Å². The molecule has 3 aromatic rings. The zero-order valence-corrected chi connectivity index (χ0v) is 18.8. The van der Waals surface area contributed by atoms with Crippen molar-refractivity contribution in [2.45, 2.75) is 40.0 Å². The van der Waals surface area contributed by atoms with E-state index in [4.69, 9.17) is 0 Å². The summed E-state index contributed by atoms with van der Waals surface area (Å²) in [6.45, 7) is 6.94. The van der Waals surface area contributed by atoms with Gasteiger partial charge in [0.15, 0.2) is 0 Å². The number of hydrogen-bond donors (Lipinski definition) is 0. The molecule has 154 valence electrons. The number of allylic oxidation sites excluding steroid dienone is 4. The van der Waals surface area contributed by atoms with Gasteiger partial charge in [0.1, 0.15) is 0 Å². The van der Waals surface area contributed by atoms with Crippen molar-refractivity contribution in [1.29, 1.82) is 0 Å². The molecule has 0 aliphatic heterocycles. The van der Waals surface area contributed by atoms with Gasteiger partial charge < -0.3 is 0 Å². The lowest BCUT2D eigenvalue weighted by Crippen LogP contribution is -2.25. The van der Waals surface area contributed by atoms with Crippen LogP contribution in [0.4, 0.5) is 0 Å². The molecule has 2 aliphatic carbocycles. The Hall–Kier alpha value is -3.12. The van der Waals surface area contributed by atoms with E-state index in [1.165, 1.54) is 68.7 Å². The van der Waals surface area contributed by atoms with Crippen molar-refractivity contribution in [2.24, 2.45) is 5.41 Å². The van der Waals surface area contributed by atoms with Crippen molar-refractivity contribution in [2.75, 3.05) is 0 Å². The van der Waals surface area contributed by atoms with Gasteiger partial charge in [-0.2, -0.15) is 0 Å². The molecule has 1 atom stereocenters. The molecule has 0 heteroatoms. The summed E-state index contributed by atoms with van der Waals surface area (Å²) in [4.78, 5) is 0. The van der Waals surface area contributed by atoms with Gasteiger partial charge in [-0.1, -0.05) is 99.5 Å². The molecule has 0 bridgehead atoms. The van der Waals surface area contributed by atoms with E-state index in [0.717, 1.165) is 0 Å². The third-order valence-electron chi connectivity index (χ3n) is 6.91. The Bertz CT molecular complexity index is 1300. The van der Waals surface area contributed by atoms with Gasteiger partial charge in [0.05, 0.1) is 0 Å². The van der Waals surface area contributed by atoms with Crippen LogP contribution in [-0.4, -0.2) is 0 Å². The molecule has 31 heavy (non-hydrogen) atoms. The monoisotopic (exact) mass is 402 g/mol. The maximum atomic E-state index is 2.54. The van der Waals surface area contributed by atoms with Crippen LogP contribution in [0.1, 0.15) is 44.2 Å². The number of aryl methyl sites for hydroxylation is 1. The van der Waals surface area contributed by atoms with Crippen molar-refractivity contribution in [3.8, 4) is 11.1 Å². The fourth-order valence-corrected chi connectivity index (χ4v) is 5.20. The highest BCUT2D eigenvalue weighted by molar-refractivity contribution is 5.97. The van der Waals surface area contributed by atoms with Crippen LogP contribution in [0.15, 0.2) is 90.5 Å². The molecule has 3 aromatic carbocycles. The molecule has 0 spiro atoms. The second-order valence-electron chi connectivity index (χ2n) is 9.22. The van der Waals surface area contributed by atoms with E-state index in [-0.39, 0.29) is 5.41 Å². The summed E-state index contributed by atoms with van der Waals surface area (Å²) in [5.74, 6) is 0. The summed E-state index contributed by atoms with van der Waals surface area (Å²) in [6.07, 6.45) is 11.1. The van der Waals surface area contributed by atoms with Gasteiger partial charge in [0.2, 0.25) is 0 Å². The Balaban J connectivity index is 1.74.